The monoisotopic (exact) mass is 330 g/mol. The maximum Gasteiger partial charge on any atom is 0.416 e. The van der Waals surface area contributed by atoms with Gasteiger partial charge in [0.25, 0.3) is 0 Å². The van der Waals surface area contributed by atoms with Crippen molar-refractivity contribution in [3.63, 3.8) is 0 Å². The van der Waals surface area contributed by atoms with Gasteiger partial charge in [0.2, 0.25) is 0 Å². The second-order valence-corrected chi connectivity index (χ2v) is 6.43. The van der Waals surface area contributed by atoms with E-state index in [0.717, 1.165) is 29.3 Å². The first-order chi connectivity index (χ1) is 10.1. The molecule has 0 saturated carbocycles. The Morgan fingerprint density at radius 3 is 2.09 bits per heavy atom. The van der Waals surface area contributed by atoms with Crippen molar-refractivity contribution in [3.05, 3.63) is 59.2 Å². The van der Waals surface area contributed by atoms with E-state index in [4.69, 9.17) is 4.18 Å². The van der Waals surface area contributed by atoms with E-state index < -0.39 is 26.8 Å². The highest BCUT2D eigenvalue weighted by Gasteiger charge is 2.32. The fraction of sp³-hybridized carbons (Fsp3) is 0.200. The Morgan fingerprint density at radius 2 is 1.55 bits per heavy atom. The number of aryl methyl sites for hydroxylation is 2. The van der Waals surface area contributed by atoms with Crippen molar-refractivity contribution in [2.24, 2.45) is 0 Å². The predicted octanol–water partition coefficient (Wildman–Crippen LogP) is 4.09. The highest BCUT2D eigenvalue weighted by atomic mass is 32.2. The lowest BCUT2D eigenvalue weighted by Gasteiger charge is -2.11. The van der Waals surface area contributed by atoms with Crippen LogP contribution in [-0.2, 0) is 16.3 Å². The number of alkyl halides is 3. The number of hydrogen-bond acceptors (Lipinski definition) is 3. The van der Waals surface area contributed by atoms with Gasteiger partial charge in [-0.3, -0.25) is 0 Å². The van der Waals surface area contributed by atoms with Crippen LogP contribution in [0.2, 0.25) is 0 Å². The molecule has 0 heterocycles. The predicted molar refractivity (Wildman–Crippen MR) is 75.2 cm³/mol. The van der Waals surface area contributed by atoms with Gasteiger partial charge in [0, 0.05) is 0 Å². The van der Waals surface area contributed by atoms with Crippen molar-refractivity contribution in [2.45, 2.75) is 24.9 Å². The maximum absolute atomic E-state index is 12.7. The summed E-state index contributed by atoms with van der Waals surface area (Å²) in [6.07, 6.45) is -4.62. The second kappa shape index (κ2) is 5.64. The first kappa shape index (κ1) is 16.4. The lowest BCUT2D eigenvalue weighted by molar-refractivity contribution is -0.137. The molecule has 2 aromatic rings. The van der Waals surface area contributed by atoms with Crippen molar-refractivity contribution in [3.8, 4) is 5.75 Å². The molecule has 3 nitrogen and oxygen atoms in total. The summed E-state index contributed by atoms with van der Waals surface area (Å²) in [5, 5.41) is 0. The van der Waals surface area contributed by atoms with Crippen LogP contribution in [0.25, 0.3) is 0 Å². The molecule has 0 N–H and O–H groups in total. The van der Waals surface area contributed by atoms with Gasteiger partial charge in [-0.05, 0) is 55.3 Å². The summed E-state index contributed by atoms with van der Waals surface area (Å²) >= 11 is 0. The lowest BCUT2D eigenvalue weighted by atomic mass is 10.1. The van der Waals surface area contributed by atoms with Crippen molar-refractivity contribution >= 4 is 10.1 Å². The molecular weight excluding hydrogens is 317 g/mol. The fourth-order valence-corrected chi connectivity index (χ4v) is 2.95. The van der Waals surface area contributed by atoms with Crippen molar-refractivity contribution in [1.82, 2.24) is 0 Å². The molecule has 0 aliphatic rings. The van der Waals surface area contributed by atoms with Crippen LogP contribution >= 0.6 is 0 Å². The molecule has 2 aromatic carbocycles. The Kier molecular flexibility index (Phi) is 4.19. The van der Waals surface area contributed by atoms with Crippen LogP contribution in [0.5, 0.6) is 5.75 Å². The summed E-state index contributed by atoms with van der Waals surface area (Å²) in [4.78, 5) is -0.540. The van der Waals surface area contributed by atoms with Crippen LogP contribution in [0.1, 0.15) is 16.7 Å². The van der Waals surface area contributed by atoms with Gasteiger partial charge in [-0.15, -0.1) is 0 Å². The molecule has 118 valence electrons. The minimum Gasteiger partial charge on any atom is -0.379 e. The van der Waals surface area contributed by atoms with Crippen LogP contribution in [0.15, 0.2) is 47.4 Å². The van der Waals surface area contributed by atoms with E-state index in [1.54, 1.807) is 13.8 Å². The van der Waals surface area contributed by atoms with Gasteiger partial charge in [0.15, 0.2) is 0 Å². The summed E-state index contributed by atoms with van der Waals surface area (Å²) in [5.41, 5.74) is 0.529. The summed E-state index contributed by atoms with van der Waals surface area (Å²) in [5.74, 6) is 0.0647. The van der Waals surface area contributed by atoms with Gasteiger partial charge in [-0.1, -0.05) is 12.1 Å². The zero-order valence-corrected chi connectivity index (χ0v) is 12.6. The van der Waals surface area contributed by atoms with E-state index >= 15 is 0 Å². The Morgan fingerprint density at radius 1 is 0.955 bits per heavy atom. The topological polar surface area (TPSA) is 43.4 Å². The molecule has 0 fully saturated rings. The maximum atomic E-state index is 12.7. The molecule has 0 unspecified atom stereocenters. The van der Waals surface area contributed by atoms with Crippen LogP contribution in [0.4, 0.5) is 13.2 Å². The molecule has 0 amide bonds. The number of benzene rings is 2. The highest BCUT2D eigenvalue weighted by Crippen LogP contribution is 2.31. The normalized spacial score (nSPS) is 12.2. The largest absolute Gasteiger partial charge is 0.416 e. The Bertz CT molecular complexity index is 776. The SMILES string of the molecule is Cc1cc(C)cc(OS(=O)(=O)c2cccc(C(F)(F)F)c2)c1. The van der Waals surface area contributed by atoms with Gasteiger partial charge in [0.05, 0.1) is 5.56 Å². The van der Waals surface area contributed by atoms with Crippen molar-refractivity contribution < 1.29 is 25.8 Å². The zero-order chi connectivity index (χ0) is 16.5. The molecule has 22 heavy (non-hydrogen) atoms. The number of hydrogen-bond donors (Lipinski definition) is 0. The third-order valence-corrected chi connectivity index (χ3v) is 4.09. The van der Waals surface area contributed by atoms with E-state index in [1.165, 1.54) is 12.1 Å². The molecule has 0 saturated heterocycles. The van der Waals surface area contributed by atoms with Crippen LogP contribution in [0, 0.1) is 13.8 Å². The molecule has 0 radical (unpaired) electrons. The quantitative estimate of drug-likeness (QED) is 0.796. The van der Waals surface area contributed by atoms with Gasteiger partial charge in [-0.25, -0.2) is 0 Å². The number of rotatable bonds is 3. The van der Waals surface area contributed by atoms with E-state index in [9.17, 15) is 21.6 Å². The molecular formula is C15H13F3O3S. The first-order valence-electron chi connectivity index (χ1n) is 6.28. The minimum atomic E-state index is -4.62. The first-order valence-corrected chi connectivity index (χ1v) is 7.69. The van der Waals surface area contributed by atoms with Crippen LogP contribution in [-0.4, -0.2) is 8.42 Å². The molecule has 0 aromatic heterocycles. The molecule has 0 aliphatic carbocycles. The Labute approximate surface area is 126 Å². The van der Waals surface area contributed by atoms with Gasteiger partial charge >= 0.3 is 16.3 Å². The summed E-state index contributed by atoms with van der Waals surface area (Å²) in [7, 11) is -4.33. The third kappa shape index (κ3) is 3.79. The van der Waals surface area contributed by atoms with Crippen LogP contribution in [0.3, 0.4) is 0 Å². The fourth-order valence-electron chi connectivity index (χ4n) is 1.98. The molecule has 0 spiro atoms. The number of halogens is 3. The van der Waals surface area contributed by atoms with Crippen LogP contribution < -0.4 is 4.18 Å². The summed E-state index contributed by atoms with van der Waals surface area (Å²) in [6.45, 7) is 3.52. The van der Waals surface area contributed by atoms with E-state index in [1.807, 2.05) is 6.07 Å². The van der Waals surface area contributed by atoms with Gasteiger partial charge in [0.1, 0.15) is 10.6 Å². The van der Waals surface area contributed by atoms with Crippen molar-refractivity contribution in [2.75, 3.05) is 0 Å². The van der Waals surface area contributed by atoms with E-state index in [-0.39, 0.29) is 5.75 Å². The standard InChI is InChI=1S/C15H13F3O3S/c1-10-6-11(2)8-13(7-10)21-22(19,20)14-5-3-4-12(9-14)15(16,17)18/h3-9H,1-2H3. The molecule has 2 rings (SSSR count). The Hall–Kier alpha value is -2.02. The zero-order valence-electron chi connectivity index (χ0n) is 11.8. The van der Waals surface area contributed by atoms with Gasteiger partial charge < -0.3 is 4.18 Å². The molecule has 7 heteroatoms. The second-order valence-electron chi connectivity index (χ2n) is 4.89. The molecule has 0 aliphatic heterocycles. The molecule has 0 bridgehead atoms. The summed E-state index contributed by atoms with van der Waals surface area (Å²) < 4.78 is 67.1. The minimum absolute atomic E-state index is 0.0647. The highest BCUT2D eigenvalue weighted by molar-refractivity contribution is 7.87. The Balaban J connectivity index is 2.39. The lowest BCUT2D eigenvalue weighted by Crippen LogP contribution is -2.12. The van der Waals surface area contributed by atoms with E-state index in [2.05, 4.69) is 0 Å². The average Bonchev–Trinajstić information content (AvgIpc) is 2.36. The third-order valence-electron chi connectivity index (χ3n) is 2.85. The van der Waals surface area contributed by atoms with Crippen molar-refractivity contribution in [1.29, 1.82) is 0 Å². The average molecular weight is 330 g/mol. The molecule has 0 atom stereocenters. The van der Waals surface area contributed by atoms with Gasteiger partial charge in [-0.2, -0.15) is 21.6 Å². The van der Waals surface area contributed by atoms with E-state index in [0.29, 0.717) is 6.07 Å². The smallest absolute Gasteiger partial charge is 0.379 e. The summed E-state index contributed by atoms with van der Waals surface area (Å²) in [6, 6.07) is 8.27.